The van der Waals surface area contributed by atoms with E-state index in [9.17, 15) is 4.79 Å². The number of benzene rings is 3. The van der Waals surface area contributed by atoms with Gasteiger partial charge >= 0.3 is 0 Å². The van der Waals surface area contributed by atoms with Gasteiger partial charge in [0.1, 0.15) is 17.6 Å². The van der Waals surface area contributed by atoms with Crippen molar-refractivity contribution in [3.8, 4) is 11.5 Å². The molecule has 5 rings (SSSR count). The van der Waals surface area contributed by atoms with E-state index in [1.165, 1.54) is 5.56 Å². The van der Waals surface area contributed by atoms with Gasteiger partial charge in [0, 0.05) is 17.7 Å². The van der Waals surface area contributed by atoms with Crippen molar-refractivity contribution in [2.45, 2.75) is 44.4 Å². The summed E-state index contributed by atoms with van der Waals surface area (Å²) < 4.78 is 17.6. The predicted molar refractivity (Wildman–Crippen MR) is 154 cm³/mol. The zero-order chi connectivity index (χ0) is 26.9. The van der Waals surface area contributed by atoms with E-state index in [2.05, 4.69) is 52.5 Å². The Labute approximate surface area is 230 Å². The molecule has 0 aliphatic carbocycles. The lowest BCUT2D eigenvalue weighted by Crippen LogP contribution is -2.35. The van der Waals surface area contributed by atoms with E-state index in [0.717, 1.165) is 86.0 Å². The Hall–Kier alpha value is -3.64. The number of nitrogens with zero attached hydrogens (tertiary/aromatic N) is 2. The number of likely N-dealkylation sites (tertiary alicyclic amines) is 1. The lowest BCUT2D eigenvalue weighted by molar-refractivity contribution is -0.107. The number of hydrogen-bond donors (Lipinski definition) is 0. The lowest BCUT2D eigenvalue weighted by Gasteiger charge is -2.32. The topological polar surface area (TPSA) is 64.8 Å². The second-order valence-electron chi connectivity index (χ2n) is 10.5. The van der Waals surface area contributed by atoms with Crippen LogP contribution in [0.4, 0.5) is 0 Å². The summed E-state index contributed by atoms with van der Waals surface area (Å²) in [6.07, 6.45) is 6.64. The second kappa shape index (κ2) is 13.4. The highest BCUT2D eigenvalue weighted by Gasteiger charge is 2.26. The zero-order valence-electron chi connectivity index (χ0n) is 22.8. The first-order chi connectivity index (χ1) is 19.2. The Bertz CT molecular complexity index is 1330. The molecule has 0 N–H and O–H groups in total. The molecule has 0 amide bonds. The molecule has 0 saturated carbocycles. The molecule has 1 fully saturated rings. The first-order valence-corrected chi connectivity index (χ1v) is 14.1. The molecule has 204 valence electrons. The summed E-state index contributed by atoms with van der Waals surface area (Å²) in [7, 11) is 1.64. The van der Waals surface area contributed by atoms with Crippen LogP contribution in [-0.4, -0.2) is 49.7 Å². The highest BCUT2D eigenvalue weighted by molar-refractivity contribution is 5.80. The van der Waals surface area contributed by atoms with E-state index in [-0.39, 0.29) is 0 Å². The number of rotatable bonds is 13. The minimum atomic E-state index is 0.375. The number of hydrogen-bond acceptors (Lipinski definition) is 6. The number of methoxy groups -OCH3 is 1. The Morgan fingerprint density at radius 1 is 0.974 bits per heavy atom. The van der Waals surface area contributed by atoms with Crippen molar-refractivity contribution in [3.05, 3.63) is 89.7 Å². The number of ether oxygens (including phenoxy) is 2. The molecule has 6 nitrogen and oxygen atoms in total. The van der Waals surface area contributed by atoms with E-state index in [1.54, 1.807) is 7.11 Å². The third-order valence-electron chi connectivity index (χ3n) is 7.93. The maximum atomic E-state index is 10.9. The fraction of sp³-hybridized carbons (Fsp3) is 0.394. The van der Waals surface area contributed by atoms with Gasteiger partial charge in [0.15, 0.2) is 11.5 Å². The SMILES string of the molecule is COc1cc(CC=O)ccc1OCC(CCc1ccccc1)CCN1CCC(c2onc3ccccc23)CC1. The van der Waals surface area contributed by atoms with Crippen LogP contribution in [0, 0.1) is 5.92 Å². The Kier molecular flexibility index (Phi) is 9.28. The van der Waals surface area contributed by atoms with Gasteiger partial charge in [-0.3, -0.25) is 0 Å². The largest absolute Gasteiger partial charge is 0.493 e. The monoisotopic (exact) mass is 526 g/mol. The maximum absolute atomic E-state index is 10.9. The standard InChI is InChI=1S/C33H38N2O4/c1-37-32-23-26(18-22-36)13-14-31(32)38-24-27(12-11-25-7-3-2-4-8-25)15-19-35-20-16-28(17-21-35)33-29-9-5-6-10-30(29)34-39-33/h2-10,13-14,22-23,27-28H,11-12,15-21,24H2,1H3. The van der Waals surface area contributed by atoms with Crippen molar-refractivity contribution in [2.24, 2.45) is 5.92 Å². The summed E-state index contributed by atoms with van der Waals surface area (Å²) in [5, 5.41) is 5.42. The van der Waals surface area contributed by atoms with Gasteiger partial charge in [-0.05, 0) is 93.0 Å². The number of aldehydes is 1. The average Bonchev–Trinajstić information content (AvgIpc) is 3.42. The van der Waals surface area contributed by atoms with Crippen LogP contribution in [0.25, 0.3) is 10.9 Å². The second-order valence-corrected chi connectivity index (χ2v) is 10.5. The summed E-state index contributed by atoms with van der Waals surface area (Å²) in [6.45, 7) is 3.83. The molecule has 1 atom stereocenters. The van der Waals surface area contributed by atoms with Gasteiger partial charge in [0.25, 0.3) is 0 Å². The molecule has 3 aromatic carbocycles. The molecular weight excluding hydrogens is 488 g/mol. The van der Waals surface area contributed by atoms with Gasteiger partial charge in [0.05, 0.1) is 13.7 Å². The van der Waals surface area contributed by atoms with Crippen LogP contribution in [0.15, 0.2) is 77.3 Å². The molecule has 0 radical (unpaired) electrons. The molecule has 2 heterocycles. The Morgan fingerprint density at radius 2 is 1.77 bits per heavy atom. The normalized spacial score (nSPS) is 15.3. The minimum Gasteiger partial charge on any atom is -0.493 e. The number of carbonyl (C=O) groups is 1. The number of piperidine rings is 1. The molecule has 1 aromatic heterocycles. The van der Waals surface area contributed by atoms with Crippen molar-refractivity contribution < 1.29 is 18.8 Å². The summed E-state index contributed by atoms with van der Waals surface area (Å²) in [4.78, 5) is 13.5. The number of aromatic nitrogens is 1. The molecule has 0 bridgehead atoms. The fourth-order valence-electron chi connectivity index (χ4n) is 5.58. The van der Waals surface area contributed by atoms with Crippen molar-refractivity contribution in [1.82, 2.24) is 10.1 Å². The Morgan fingerprint density at radius 3 is 2.56 bits per heavy atom. The number of aryl methyl sites for hydroxylation is 1. The predicted octanol–water partition coefficient (Wildman–Crippen LogP) is 6.48. The minimum absolute atomic E-state index is 0.375. The van der Waals surface area contributed by atoms with E-state index < -0.39 is 0 Å². The van der Waals surface area contributed by atoms with Crippen LogP contribution in [0.2, 0.25) is 0 Å². The molecular formula is C33H38N2O4. The quantitative estimate of drug-likeness (QED) is 0.186. The zero-order valence-corrected chi connectivity index (χ0v) is 22.8. The molecule has 4 aromatic rings. The van der Waals surface area contributed by atoms with Crippen molar-refractivity contribution in [1.29, 1.82) is 0 Å². The van der Waals surface area contributed by atoms with Crippen LogP contribution < -0.4 is 9.47 Å². The van der Waals surface area contributed by atoms with Gasteiger partial charge in [-0.25, -0.2) is 0 Å². The van der Waals surface area contributed by atoms with Crippen molar-refractivity contribution in [2.75, 3.05) is 33.4 Å². The van der Waals surface area contributed by atoms with Crippen LogP contribution in [0.1, 0.15) is 48.5 Å². The summed E-state index contributed by atoms with van der Waals surface area (Å²) >= 11 is 0. The van der Waals surface area contributed by atoms with Crippen molar-refractivity contribution in [3.63, 3.8) is 0 Å². The highest BCUT2D eigenvalue weighted by Crippen LogP contribution is 2.34. The molecule has 0 spiro atoms. The fourth-order valence-corrected chi connectivity index (χ4v) is 5.58. The summed E-state index contributed by atoms with van der Waals surface area (Å²) in [6, 6.07) is 24.6. The first-order valence-electron chi connectivity index (χ1n) is 14.1. The molecule has 1 unspecified atom stereocenters. The number of carbonyl (C=O) groups excluding carboxylic acids is 1. The van der Waals surface area contributed by atoms with Gasteiger partial charge in [-0.1, -0.05) is 53.7 Å². The first kappa shape index (κ1) is 26.9. The molecule has 6 heteroatoms. The maximum Gasteiger partial charge on any atom is 0.161 e. The lowest BCUT2D eigenvalue weighted by atomic mass is 9.91. The third kappa shape index (κ3) is 7.07. The smallest absolute Gasteiger partial charge is 0.161 e. The van der Waals surface area contributed by atoms with Crippen LogP contribution >= 0.6 is 0 Å². The van der Waals surface area contributed by atoms with Crippen LogP contribution in [-0.2, 0) is 17.6 Å². The number of fused-ring (bicyclic) bond motifs is 1. The van der Waals surface area contributed by atoms with E-state index in [0.29, 0.717) is 30.6 Å². The van der Waals surface area contributed by atoms with E-state index in [4.69, 9.17) is 14.0 Å². The van der Waals surface area contributed by atoms with Gasteiger partial charge in [0.2, 0.25) is 0 Å². The van der Waals surface area contributed by atoms with Gasteiger partial charge < -0.3 is 23.7 Å². The molecule has 1 saturated heterocycles. The summed E-state index contributed by atoms with van der Waals surface area (Å²) in [5.74, 6) is 3.31. The highest BCUT2D eigenvalue weighted by atomic mass is 16.5. The van der Waals surface area contributed by atoms with Crippen LogP contribution in [0.5, 0.6) is 11.5 Å². The third-order valence-corrected chi connectivity index (χ3v) is 7.93. The van der Waals surface area contributed by atoms with Crippen molar-refractivity contribution >= 4 is 17.2 Å². The molecule has 1 aliphatic rings. The van der Waals surface area contributed by atoms with Gasteiger partial charge in [-0.15, -0.1) is 0 Å². The molecule has 1 aliphatic heterocycles. The average molecular weight is 527 g/mol. The van der Waals surface area contributed by atoms with E-state index >= 15 is 0 Å². The van der Waals surface area contributed by atoms with E-state index in [1.807, 2.05) is 30.3 Å². The van der Waals surface area contributed by atoms with Gasteiger partial charge in [-0.2, -0.15) is 0 Å². The summed E-state index contributed by atoms with van der Waals surface area (Å²) in [5.41, 5.74) is 3.24. The van der Waals surface area contributed by atoms with Crippen LogP contribution in [0.3, 0.4) is 0 Å². The molecule has 39 heavy (non-hydrogen) atoms. The Balaban J connectivity index is 1.17.